The van der Waals surface area contributed by atoms with Crippen molar-refractivity contribution in [3.63, 3.8) is 0 Å². The van der Waals surface area contributed by atoms with E-state index >= 15 is 0 Å². The van der Waals surface area contributed by atoms with Gasteiger partial charge in [0, 0.05) is 31.1 Å². The molecule has 1 saturated heterocycles. The third kappa shape index (κ3) is 4.23. The lowest BCUT2D eigenvalue weighted by molar-refractivity contribution is -0.117. The molecule has 4 aromatic rings. The molecule has 5 rings (SSSR count). The van der Waals surface area contributed by atoms with E-state index in [0.717, 1.165) is 46.8 Å². The van der Waals surface area contributed by atoms with E-state index in [4.69, 9.17) is 9.72 Å². The number of benzene rings is 3. The molecule has 0 unspecified atom stereocenters. The highest BCUT2D eigenvalue weighted by Crippen LogP contribution is 2.35. The van der Waals surface area contributed by atoms with Crippen molar-refractivity contribution < 1.29 is 9.53 Å². The monoisotopic (exact) mass is 439 g/mol. The van der Waals surface area contributed by atoms with Crippen molar-refractivity contribution in [3.8, 4) is 5.75 Å². The van der Waals surface area contributed by atoms with Crippen molar-refractivity contribution in [2.45, 2.75) is 39.2 Å². The summed E-state index contributed by atoms with van der Waals surface area (Å²) in [5.74, 6) is 2.12. The average molecular weight is 440 g/mol. The van der Waals surface area contributed by atoms with Gasteiger partial charge in [0.05, 0.1) is 17.6 Å². The molecule has 1 atom stereocenters. The lowest BCUT2D eigenvalue weighted by atomic mass is 10.1. The maximum atomic E-state index is 13.0. The van der Waals surface area contributed by atoms with Crippen LogP contribution in [0.1, 0.15) is 35.7 Å². The molecule has 1 fully saturated rings. The lowest BCUT2D eigenvalue weighted by Gasteiger charge is -2.20. The first-order valence-corrected chi connectivity index (χ1v) is 11.6. The predicted molar refractivity (Wildman–Crippen MR) is 132 cm³/mol. The highest BCUT2D eigenvalue weighted by atomic mass is 16.5. The summed E-state index contributed by atoms with van der Waals surface area (Å²) in [4.78, 5) is 20.0. The number of hydrogen-bond donors (Lipinski definition) is 0. The minimum atomic E-state index is 0.0693. The zero-order valence-corrected chi connectivity index (χ0v) is 19.2. The Morgan fingerprint density at radius 1 is 0.970 bits per heavy atom. The fourth-order valence-electron chi connectivity index (χ4n) is 4.71. The summed E-state index contributed by atoms with van der Waals surface area (Å²) < 4.78 is 8.19. The van der Waals surface area contributed by atoms with Gasteiger partial charge in [0.1, 0.15) is 11.6 Å². The number of anilines is 1. The summed E-state index contributed by atoms with van der Waals surface area (Å²) in [6.07, 6.45) is 1.35. The van der Waals surface area contributed by atoms with Gasteiger partial charge in [0.2, 0.25) is 5.91 Å². The number of fused-ring (bicyclic) bond motifs is 1. The summed E-state index contributed by atoms with van der Waals surface area (Å²) >= 11 is 0. The third-order valence-electron chi connectivity index (χ3n) is 6.58. The predicted octanol–water partition coefficient (Wildman–Crippen LogP) is 5.64. The highest BCUT2D eigenvalue weighted by Gasteiger charge is 2.35. The second-order valence-corrected chi connectivity index (χ2v) is 8.75. The molecule has 3 aromatic carbocycles. The number of ether oxygens (including phenoxy) is 1. The summed E-state index contributed by atoms with van der Waals surface area (Å²) in [6.45, 7) is 6.28. The molecule has 0 aliphatic carbocycles. The smallest absolute Gasteiger partial charge is 0.227 e. The number of aromatic nitrogens is 2. The van der Waals surface area contributed by atoms with Crippen LogP contribution in [0, 0.1) is 13.8 Å². The van der Waals surface area contributed by atoms with Crippen LogP contribution >= 0.6 is 0 Å². The Balaban J connectivity index is 1.37. The molecule has 1 aromatic heterocycles. The fraction of sp³-hybridized carbons (Fsp3) is 0.286. The number of rotatable bonds is 7. The minimum absolute atomic E-state index is 0.0693. The van der Waals surface area contributed by atoms with Crippen molar-refractivity contribution >= 4 is 22.6 Å². The fourth-order valence-corrected chi connectivity index (χ4v) is 4.71. The number of amides is 1. The molecule has 1 aliphatic heterocycles. The van der Waals surface area contributed by atoms with E-state index in [1.807, 2.05) is 59.5 Å². The standard InChI is InChI=1S/C28H29N3O2/c1-20-10-8-15-25(21(20)2)31-19-22(18-27(31)32)28-29-24-13-6-7-14-26(24)30(28)16-9-17-33-23-11-4-3-5-12-23/h3-8,10-15,22H,9,16-19H2,1-2H3/t22-/m0/s1. The molecule has 168 valence electrons. The van der Waals surface area contributed by atoms with Crippen molar-refractivity contribution in [1.82, 2.24) is 9.55 Å². The second-order valence-electron chi connectivity index (χ2n) is 8.75. The Labute approximate surface area is 194 Å². The normalized spacial score (nSPS) is 16.0. The van der Waals surface area contributed by atoms with E-state index in [9.17, 15) is 4.79 Å². The number of carbonyl (C=O) groups is 1. The van der Waals surface area contributed by atoms with Gasteiger partial charge in [-0.05, 0) is 61.7 Å². The molecule has 1 amide bonds. The Hall–Kier alpha value is -3.60. The van der Waals surface area contributed by atoms with Crippen LogP contribution in [-0.4, -0.2) is 28.6 Å². The van der Waals surface area contributed by atoms with Gasteiger partial charge in [0.15, 0.2) is 0 Å². The molecule has 0 spiro atoms. The maximum Gasteiger partial charge on any atom is 0.227 e. The topological polar surface area (TPSA) is 47.4 Å². The molecule has 0 saturated carbocycles. The molecule has 1 aliphatic rings. The van der Waals surface area contributed by atoms with Crippen LogP contribution in [0.2, 0.25) is 0 Å². The van der Waals surface area contributed by atoms with Crippen LogP contribution in [0.5, 0.6) is 5.75 Å². The number of para-hydroxylation sites is 3. The van der Waals surface area contributed by atoms with Crippen molar-refractivity contribution in [2.75, 3.05) is 18.1 Å². The quantitative estimate of drug-likeness (QED) is 0.350. The van der Waals surface area contributed by atoms with E-state index in [2.05, 4.69) is 36.6 Å². The first-order chi connectivity index (χ1) is 16.1. The molecule has 2 heterocycles. The van der Waals surface area contributed by atoms with Crippen molar-refractivity contribution in [2.24, 2.45) is 0 Å². The van der Waals surface area contributed by atoms with Gasteiger partial charge in [-0.3, -0.25) is 4.79 Å². The first-order valence-electron chi connectivity index (χ1n) is 11.6. The molecule has 0 bridgehead atoms. The number of carbonyl (C=O) groups excluding carboxylic acids is 1. The molecule has 0 N–H and O–H groups in total. The average Bonchev–Trinajstić information content (AvgIpc) is 3.40. The second kappa shape index (κ2) is 9.10. The SMILES string of the molecule is Cc1cccc(N2C[C@@H](c3nc4ccccc4n3CCCOc3ccccc3)CC2=O)c1C. The zero-order valence-electron chi connectivity index (χ0n) is 19.2. The summed E-state index contributed by atoms with van der Waals surface area (Å²) in [5, 5.41) is 0. The molecule has 5 nitrogen and oxygen atoms in total. The van der Waals surface area contributed by atoms with Gasteiger partial charge >= 0.3 is 0 Å². The van der Waals surface area contributed by atoms with Gasteiger partial charge < -0.3 is 14.2 Å². The summed E-state index contributed by atoms with van der Waals surface area (Å²) in [5.41, 5.74) is 5.48. The maximum absolute atomic E-state index is 13.0. The van der Waals surface area contributed by atoms with Crippen LogP contribution in [0.15, 0.2) is 72.8 Å². The van der Waals surface area contributed by atoms with E-state index in [-0.39, 0.29) is 11.8 Å². The van der Waals surface area contributed by atoms with Gasteiger partial charge in [0.25, 0.3) is 0 Å². The molecule has 33 heavy (non-hydrogen) atoms. The molecular weight excluding hydrogens is 410 g/mol. The van der Waals surface area contributed by atoms with E-state index in [0.29, 0.717) is 19.6 Å². The van der Waals surface area contributed by atoms with E-state index in [1.165, 1.54) is 5.56 Å². The summed E-state index contributed by atoms with van der Waals surface area (Å²) in [7, 11) is 0. The largest absolute Gasteiger partial charge is 0.494 e. The van der Waals surface area contributed by atoms with Crippen LogP contribution < -0.4 is 9.64 Å². The van der Waals surface area contributed by atoms with Gasteiger partial charge in [-0.25, -0.2) is 4.98 Å². The van der Waals surface area contributed by atoms with Gasteiger partial charge in [-0.2, -0.15) is 0 Å². The Morgan fingerprint density at radius 2 is 1.76 bits per heavy atom. The number of imidazole rings is 1. The summed E-state index contributed by atoms with van der Waals surface area (Å²) in [6, 6.07) is 24.3. The molecular formula is C28H29N3O2. The van der Waals surface area contributed by atoms with Crippen LogP contribution in [0.3, 0.4) is 0 Å². The number of aryl methyl sites for hydroxylation is 2. The first kappa shape index (κ1) is 21.3. The molecule has 5 heteroatoms. The van der Waals surface area contributed by atoms with Gasteiger partial charge in [-0.15, -0.1) is 0 Å². The lowest BCUT2D eigenvalue weighted by Crippen LogP contribution is -2.25. The third-order valence-corrected chi connectivity index (χ3v) is 6.58. The van der Waals surface area contributed by atoms with Crippen LogP contribution in [0.25, 0.3) is 11.0 Å². The van der Waals surface area contributed by atoms with Crippen LogP contribution in [0.4, 0.5) is 5.69 Å². The minimum Gasteiger partial charge on any atom is -0.494 e. The van der Waals surface area contributed by atoms with Crippen molar-refractivity contribution in [3.05, 3.63) is 89.7 Å². The van der Waals surface area contributed by atoms with E-state index < -0.39 is 0 Å². The zero-order chi connectivity index (χ0) is 22.8. The Bertz CT molecular complexity index is 1280. The Kier molecular flexibility index (Phi) is 5.86. The van der Waals surface area contributed by atoms with E-state index in [1.54, 1.807) is 0 Å². The Morgan fingerprint density at radius 3 is 2.61 bits per heavy atom. The van der Waals surface area contributed by atoms with Crippen LogP contribution in [-0.2, 0) is 11.3 Å². The highest BCUT2D eigenvalue weighted by molar-refractivity contribution is 5.97. The number of nitrogens with zero attached hydrogens (tertiary/aromatic N) is 3. The number of hydrogen-bond acceptors (Lipinski definition) is 3. The van der Waals surface area contributed by atoms with Gasteiger partial charge in [-0.1, -0.05) is 42.5 Å². The molecule has 0 radical (unpaired) electrons. The van der Waals surface area contributed by atoms with Crippen molar-refractivity contribution in [1.29, 1.82) is 0 Å².